The van der Waals surface area contributed by atoms with Crippen LogP contribution < -0.4 is 5.32 Å². The Balaban J connectivity index is 2.73. The number of hydrogen-bond donors (Lipinski definition) is 1. The summed E-state index contributed by atoms with van der Waals surface area (Å²) in [6, 6.07) is 4.15. The van der Waals surface area contributed by atoms with Crippen LogP contribution in [0, 0.1) is 35.3 Å². The smallest absolute Gasteiger partial charge is 0.183 e. The molecule has 1 aromatic rings. The highest BCUT2D eigenvalue weighted by atomic mass is 19.2. The Hall–Kier alpha value is -2.07. The van der Waals surface area contributed by atoms with Gasteiger partial charge in [0, 0.05) is 13.0 Å². The first-order chi connectivity index (χ1) is 7.70. The van der Waals surface area contributed by atoms with Crippen molar-refractivity contribution in [2.45, 2.75) is 12.8 Å². The van der Waals surface area contributed by atoms with Crippen LogP contribution in [-0.4, -0.2) is 6.54 Å². The van der Waals surface area contributed by atoms with Gasteiger partial charge in [-0.05, 0) is 18.6 Å². The van der Waals surface area contributed by atoms with Gasteiger partial charge in [0.05, 0.1) is 11.3 Å². The van der Waals surface area contributed by atoms with Gasteiger partial charge in [-0.25, -0.2) is 8.78 Å². The molecule has 82 valence electrons. The molecule has 0 aliphatic rings. The molecule has 2 nitrogen and oxygen atoms in total. The molecule has 4 heteroatoms. The fraction of sp³-hybridized carbons (Fsp3) is 0.250. The molecule has 0 saturated carbocycles. The molecule has 0 heterocycles. The Bertz CT molecular complexity index is 455. The molecule has 0 unspecified atom stereocenters. The third kappa shape index (κ3) is 2.71. The van der Waals surface area contributed by atoms with Crippen LogP contribution in [0.4, 0.5) is 14.5 Å². The zero-order valence-electron chi connectivity index (χ0n) is 8.56. The number of hydrogen-bond acceptors (Lipinski definition) is 2. The van der Waals surface area contributed by atoms with E-state index in [4.69, 9.17) is 11.7 Å². The summed E-state index contributed by atoms with van der Waals surface area (Å²) in [7, 11) is 0. The van der Waals surface area contributed by atoms with E-state index in [0.717, 1.165) is 0 Å². The summed E-state index contributed by atoms with van der Waals surface area (Å²) < 4.78 is 26.5. The monoisotopic (exact) mass is 220 g/mol. The SMILES string of the molecule is C#CCCCNc1ccc(C#N)c(F)c1F. The van der Waals surface area contributed by atoms with Crippen LogP contribution in [-0.2, 0) is 0 Å². The number of benzene rings is 1. The number of anilines is 1. The third-order valence-corrected chi connectivity index (χ3v) is 2.02. The van der Waals surface area contributed by atoms with Gasteiger partial charge >= 0.3 is 0 Å². The lowest BCUT2D eigenvalue weighted by atomic mass is 10.2. The highest BCUT2D eigenvalue weighted by molar-refractivity contribution is 5.49. The quantitative estimate of drug-likeness (QED) is 0.625. The van der Waals surface area contributed by atoms with Gasteiger partial charge in [-0.3, -0.25) is 0 Å². The van der Waals surface area contributed by atoms with Gasteiger partial charge in [0.15, 0.2) is 11.6 Å². The molecule has 0 aromatic heterocycles. The van der Waals surface area contributed by atoms with Crippen molar-refractivity contribution in [1.29, 1.82) is 5.26 Å². The minimum atomic E-state index is -1.12. The van der Waals surface area contributed by atoms with E-state index in [1.807, 2.05) is 0 Å². The maximum Gasteiger partial charge on any atom is 0.183 e. The van der Waals surface area contributed by atoms with Crippen molar-refractivity contribution < 1.29 is 8.78 Å². The lowest BCUT2D eigenvalue weighted by Crippen LogP contribution is -2.05. The summed E-state index contributed by atoms with van der Waals surface area (Å²) in [6.45, 7) is 0.465. The molecule has 1 rings (SSSR count). The maximum atomic E-state index is 13.3. The summed E-state index contributed by atoms with van der Waals surface area (Å²) in [4.78, 5) is 0. The van der Waals surface area contributed by atoms with E-state index in [1.165, 1.54) is 12.1 Å². The average Bonchev–Trinajstić information content (AvgIpc) is 2.30. The van der Waals surface area contributed by atoms with Crippen LogP contribution in [0.2, 0.25) is 0 Å². The highest BCUT2D eigenvalue weighted by Crippen LogP contribution is 2.19. The summed E-state index contributed by atoms with van der Waals surface area (Å²) in [5.41, 5.74) is -0.250. The summed E-state index contributed by atoms with van der Waals surface area (Å²) in [5, 5.41) is 11.2. The molecular formula is C12H10F2N2. The first-order valence-corrected chi connectivity index (χ1v) is 4.76. The molecule has 0 atom stereocenters. The van der Waals surface area contributed by atoms with E-state index < -0.39 is 11.6 Å². The predicted octanol–water partition coefficient (Wildman–Crippen LogP) is 2.66. The first-order valence-electron chi connectivity index (χ1n) is 4.76. The van der Waals surface area contributed by atoms with Crippen LogP contribution >= 0.6 is 0 Å². The number of rotatable bonds is 4. The Kier molecular flexibility index (Phi) is 4.29. The molecule has 1 N–H and O–H groups in total. The first kappa shape index (κ1) is 12.0. The second kappa shape index (κ2) is 5.72. The Morgan fingerprint density at radius 3 is 2.69 bits per heavy atom. The van der Waals surface area contributed by atoms with Crippen LogP contribution in [0.5, 0.6) is 0 Å². The van der Waals surface area contributed by atoms with E-state index in [2.05, 4.69) is 11.2 Å². The van der Waals surface area contributed by atoms with Crippen LogP contribution in [0.15, 0.2) is 12.1 Å². The number of unbranched alkanes of at least 4 members (excludes halogenated alkanes) is 1. The molecule has 16 heavy (non-hydrogen) atoms. The van der Waals surface area contributed by atoms with Gasteiger partial charge in [-0.1, -0.05) is 0 Å². The van der Waals surface area contributed by atoms with Gasteiger partial charge < -0.3 is 5.32 Å². The molecule has 0 saturated heterocycles. The van der Waals surface area contributed by atoms with Crippen molar-refractivity contribution in [2.75, 3.05) is 11.9 Å². The predicted molar refractivity (Wildman–Crippen MR) is 57.6 cm³/mol. The van der Waals surface area contributed by atoms with E-state index in [-0.39, 0.29) is 11.3 Å². The fourth-order valence-electron chi connectivity index (χ4n) is 1.19. The van der Waals surface area contributed by atoms with Crippen molar-refractivity contribution in [3.05, 3.63) is 29.3 Å². The second-order valence-electron chi connectivity index (χ2n) is 3.13. The number of nitrogens with one attached hydrogen (secondary N) is 1. The molecule has 0 radical (unpaired) electrons. The molecule has 0 aliphatic heterocycles. The highest BCUT2D eigenvalue weighted by Gasteiger charge is 2.12. The molecule has 1 aromatic carbocycles. The van der Waals surface area contributed by atoms with Crippen molar-refractivity contribution in [3.63, 3.8) is 0 Å². The molecule has 0 fully saturated rings. The van der Waals surface area contributed by atoms with Crippen molar-refractivity contribution >= 4 is 5.69 Å². The van der Waals surface area contributed by atoms with Gasteiger partial charge in [-0.2, -0.15) is 5.26 Å². The van der Waals surface area contributed by atoms with Gasteiger partial charge in [0.25, 0.3) is 0 Å². The van der Waals surface area contributed by atoms with Gasteiger partial charge in [-0.15, -0.1) is 12.3 Å². The third-order valence-electron chi connectivity index (χ3n) is 2.02. The number of nitriles is 1. The lowest BCUT2D eigenvalue weighted by molar-refractivity contribution is 0.508. The Morgan fingerprint density at radius 2 is 2.06 bits per heavy atom. The largest absolute Gasteiger partial charge is 0.383 e. The standard InChI is InChI=1S/C12H10F2N2/c1-2-3-4-7-16-10-6-5-9(8-15)11(13)12(10)14/h1,5-6,16H,3-4,7H2. The summed E-state index contributed by atoms with van der Waals surface area (Å²) in [6.07, 6.45) is 6.31. The number of terminal acetylenes is 1. The van der Waals surface area contributed by atoms with Crippen LogP contribution in [0.1, 0.15) is 18.4 Å². The van der Waals surface area contributed by atoms with Crippen LogP contribution in [0.3, 0.4) is 0 Å². The molecular weight excluding hydrogens is 210 g/mol. The Labute approximate surface area is 92.9 Å². The second-order valence-corrected chi connectivity index (χ2v) is 3.13. The van der Waals surface area contributed by atoms with Crippen LogP contribution in [0.25, 0.3) is 0 Å². The van der Waals surface area contributed by atoms with E-state index in [0.29, 0.717) is 19.4 Å². The van der Waals surface area contributed by atoms with Gasteiger partial charge in [0.2, 0.25) is 0 Å². The Morgan fingerprint density at radius 1 is 1.31 bits per heavy atom. The van der Waals surface area contributed by atoms with Gasteiger partial charge in [0.1, 0.15) is 6.07 Å². The fourth-order valence-corrected chi connectivity index (χ4v) is 1.19. The minimum absolute atomic E-state index is 0.0496. The van der Waals surface area contributed by atoms with Crippen molar-refractivity contribution in [3.8, 4) is 18.4 Å². The zero-order valence-corrected chi connectivity index (χ0v) is 8.56. The average molecular weight is 220 g/mol. The molecule has 0 bridgehead atoms. The van der Waals surface area contributed by atoms with E-state index in [1.54, 1.807) is 6.07 Å². The topological polar surface area (TPSA) is 35.8 Å². The van der Waals surface area contributed by atoms with E-state index >= 15 is 0 Å². The van der Waals surface area contributed by atoms with E-state index in [9.17, 15) is 8.78 Å². The summed E-state index contributed by atoms with van der Waals surface area (Å²) in [5.74, 6) is 0.298. The minimum Gasteiger partial charge on any atom is -0.383 e. The zero-order chi connectivity index (χ0) is 12.0. The van der Waals surface area contributed by atoms with Crippen molar-refractivity contribution in [2.24, 2.45) is 0 Å². The number of nitrogens with zero attached hydrogens (tertiary/aromatic N) is 1. The molecule has 0 aliphatic carbocycles. The lowest BCUT2D eigenvalue weighted by Gasteiger charge is -2.07. The van der Waals surface area contributed by atoms with Crippen molar-refractivity contribution in [1.82, 2.24) is 0 Å². The summed E-state index contributed by atoms with van der Waals surface area (Å²) >= 11 is 0. The normalized spacial score (nSPS) is 9.25. The maximum absolute atomic E-state index is 13.3. The number of halogens is 2. The molecule has 0 spiro atoms. The molecule has 0 amide bonds.